The summed E-state index contributed by atoms with van der Waals surface area (Å²) in [6, 6.07) is 23.0. The van der Waals surface area contributed by atoms with Crippen LogP contribution in [0.15, 0.2) is 97.3 Å². The fourth-order valence-corrected chi connectivity index (χ4v) is 12.9. The van der Waals surface area contributed by atoms with Gasteiger partial charge >= 0.3 is 0 Å². The Bertz CT molecular complexity index is 3020. The Morgan fingerprint density at radius 2 is 0.989 bits per heavy atom. The fourth-order valence-electron chi connectivity index (χ4n) is 12.9. The number of hydrogen-bond acceptors (Lipinski definition) is 14. The molecule has 0 unspecified atom stereocenters. The molecule has 4 aliphatic rings. The summed E-state index contributed by atoms with van der Waals surface area (Å²) in [5.74, 6) is -1.51. The summed E-state index contributed by atoms with van der Waals surface area (Å²) in [6.45, 7) is 5.92. The zero-order chi connectivity index (χ0) is 61.1. The monoisotopic (exact) mass is 1190 g/mol. The van der Waals surface area contributed by atoms with Crippen LogP contribution in [0.25, 0.3) is 0 Å². The van der Waals surface area contributed by atoms with Gasteiger partial charge in [-0.05, 0) is 126 Å². The second-order valence-electron chi connectivity index (χ2n) is 24.0. The number of nitrogens with one attached hydrogen (secondary N) is 6. The number of hydrogen-bond donors (Lipinski definition) is 7. The van der Waals surface area contributed by atoms with Gasteiger partial charge in [0.2, 0.25) is 35.4 Å². The number of aromatic nitrogens is 6. The number of carbonyl (C=O) groups is 6. The second-order valence-corrected chi connectivity index (χ2v) is 24.0. The van der Waals surface area contributed by atoms with E-state index >= 15 is 0 Å². The normalized spacial score (nSPS) is 21.9. The van der Waals surface area contributed by atoms with Crippen LogP contribution >= 0.6 is 0 Å². The van der Waals surface area contributed by atoms with E-state index in [4.69, 9.17) is 4.74 Å². The number of aliphatic hydroxyl groups excluding tert-OH is 1. The molecule has 6 amide bonds. The summed E-state index contributed by atoms with van der Waals surface area (Å²) in [6.07, 6.45) is 17.9. The zero-order valence-electron chi connectivity index (χ0n) is 50.9. The zero-order valence-corrected chi connectivity index (χ0v) is 50.9. The number of unbranched alkanes of at least 4 members (excludes halogenated alkanes) is 2. The van der Waals surface area contributed by atoms with Crippen LogP contribution in [-0.4, -0.2) is 162 Å². The molecule has 22 nitrogen and oxygen atoms in total. The molecule has 2 aromatic heterocycles. The van der Waals surface area contributed by atoms with E-state index in [1.54, 1.807) is 30.8 Å². The molecule has 87 heavy (non-hydrogen) atoms. The number of methoxy groups -OCH3 is 1. The molecule has 6 heterocycles. The molecule has 0 spiro atoms. The highest BCUT2D eigenvalue weighted by Crippen LogP contribution is 2.34. The number of ether oxygens (including phenoxy) is 1. The Morgan fingerprint density at radius 3 is 1.41 bits per heavy atom. The molecule has 0 bridgehead atoms. The van der Waals surface area contributed by atoms with Crippen LogP contribution in [0.4, 0.5) is 0 Å². The molecule has 468 valence electrons. The Balaban J connectivity index is 0.730. The van der Waals surface area contributed by atoms with Gasteiger partial charge in [0.15, 0.2) is 0 Å². The average Bonchev–Trinajstić information content (AvgIpc) is 2.30. The first kappa shape index (κ1) is 64.1. The predicted octanol–water partition coefficient (Wildman–Crippen LogP) is 4.76. The van der Waals surface area contributed by atoms with E-state index in [1.165, 1.54) is 11.1 Å². The average molecular weight is 1200 g/mol. The lowest BCUT2D eigenvalue weighted by molar-refractivity contribution is -0.144. The van der Waals surface area contributed by atoms with Crippen molar-refractivity contribution in [2.45, 2.75) is 203 Å². The van der Waals surface area contributed by atoms with Crippen molar-refractivity contribution >= 4 is 35.4 Å². The van der Waals surface area contributed by atoms with Gasteiger partial charge in [-0.15, -0.1) is 10.2 Å². The summed E-state index contributed by atoms with van der Waals surface area (Å²) in [5.41, 5.74) is 5.46. The first-order valence-corrected chi connectivity index (χ1v) is 31.8. The minimum Gasteiger partial charge on any atom is -0.395 e. The number of nitrogens with zero attached hydrogens (tertiary/aromatic N) is 8. The molecule has 0 saturated carbocycles. The highest BCUT2D eigenvalue weighted by molar-refractivity contribution is 5.95. The Kier molecular flexibility index (Phi) is 23.6. The first-order chi connectivity index (χ1) is 42.4. The van der Waals surface area contributed by atoms with Gasteiger partial charge in [-0.1, -0.05) is 121 Å². The molecule has 3 aromatic carbocycles. The van der Waals surface area contributed by atoms with Gasteiger partial charge < -0.3 is 51.5 Å². The lowest BCUT2D eigenvalue weighted by Gasteiger charge is -2.36. The van der Waals surface area contributed by atoms with E-state index in [2.05, 4.69) is 76.8 Å². The predicted molar refractivity (Wildman–Crippen MR) is 327 cm³/mol. The third-order valence-electron chi connectivity index (χ3n) is 17.8. The highest BCUT2D eigenvalue weighted by Gasteiger charge is 2.46. The van der Waals surface area contributed by atoms with Gasteiger partial charge in [0.1, 0.15) is 35.6 Å². The van der Waals surface area contributed by atoms with Crippen molar-refractivity contribution in [2.75, 3.05) is 33.4 Å². The van der Waals surface area contributed by atoms with Crippen molar-refractivity contribution in [1.29, 1.82) is 0 Å². The topological polar surface area (TPSA) is 272 Å². The molecule has 0 radical (unpaired) electrons. The molecule has 9 rings (SSSR count). The number of carbonyl (C=O) groups excluding carboxylic acids is 6. The molecule has 4 saturated heterocycles. The molecule has 4 aliphatic heterocycles. The number of fused-ring (bicyclic) bond motifs is 2. The van der Waals surface area contributed by atoms with Crippen LogP contribution < -0.4 is 31.9 Å². The van der Waals surface area contributed by atoms with Crippen LogP contribution in [0.5, 0.6) is 0 Å². The van der Waals surface area contributed by atoms with Crippen LogP contribution in [0, 0.1) is 0 Å². The summed E-state index contributed by atoms with van der Waals surface area (Å²) < 4.78 is 8.77. The summed E-state index contributed by atoms with van der Waals surface area (Å²) in [7, 11) is 1.61. The van der Waals surface area contributed by atoms with E-state index in [1.807, 2.05) is 82.4 Å². The molecular weight excluding hydrogens is 1100 g/mol. The molecule has 4 fully saturated rings. The maximum absolute atomic E-state index is 14.4. The first-order valence-electron chi connectivity index (χ1n) is 31.8. The Morgan fingerprint density at radius 1 is 0.563 bits per heavy atom. The maximum Gasteiger partial charge on any atom is 0.246 e. The minimum atomic E-state index is -0.740. The van der Waals surface area contributed by atoms with E-state index < -0.39 is 48.3 Å². The third kappa shape index (κ3) is 17.2. The van der Waals surface area contributed by atoms with E-state index in [9.17, 15) is 33.9 Å². The number of amides is 6. The van der Waals surface area contributed by atoms with Crippen LogP contribution in [0.1, 0.15) is 162 Å². The van der Waals surface area contributed by atoms with Gasteiger partial charge in [0.25, 0.3) is 0 Å². The second kappa shape index (κ2) is 32.0. The van der Waals surface area contributed by atoms with Crippen molar-refractivity contribution in [1.82, 2.24) is 71.7 Å². The summed E-state index contributed by atoms with van der Waals surface area (Å²) >= 11 is 0. The lowest BCUT2D eigenvalue weighted by atomic mass is 9.98. The number of aliphatic hydroxyl groups is 1. The molecule has 7 N–H and O–H groups in total. The Labute approximate surface area is 511 Å². The standard InChI is InChI=1S/C65H90N14O8/c1-44(66-36-40-80)60(81)68-52-26-12-10-24-50-32-34-56(78(50)64(52)85)62(83)70-58(48-20-6-4-7-21-48)54-42-76(74-72-54)38-16-14-18-46-28-30-47(31-29-46)19-15-17-39-77-43-55(73-75-77)59(49-22-8-5-9-23-49)71-63(84)57-35-33-51-25-11-13-27-53(65(86)79(51)57)69-61(82)45(2)67-37-41-87-3/h4-9,20-23,28-31,42-45,50-53,56-59,66-67,80H,10-19,24-27,32-41H2,1-3H3,(H,68,81)(H,69,82)(H,70,83)(H,71,84)/t44-,45-,50-,51-,52-,53-,56-,57-,58-,59-/m0/s1. The third-order valence-corrected chi connectivity index (χ3v) is 17.8. The van der Waals surface area contributed by atoms with Crippen molar-refractivity contribution < 1.29 is 38.6 Å². The van der Waals surface area contributed by atoms with Crippen LogP contribution in [0.2, 0.25) is 0 Å². The van der Waals surface area contributed by atoms with Crippen molar-refractivity contribution in [2.24, 2.45) is 0 Å². The van der Waals surface area contributed by atoms with Crippen molar-refractivity contribution in [3.8, 4) is 0 Å². The molecule has 10 atom stereocenters. The molecule has 5 aromatic rings. The fraction of sp³-hybridized carbons (Fsp3) is 0.569. The van der Waals surface area contributed by atoms with Gasteiger partial charge in [0.05, 0.1) is 49.8 Å². The number of benzene rings is 3. The van der Waals surface area contributed by atoms with E-state index in [0.717, 1.165) is 94.6 Å². The largest absolute Gasteiger partial charge is 0.395 e. The Hall–Kier alpha value is -7.40. The van der Waals surface area contributed by atoms with Gasteiger partial charge in [-0.3, -0.25) is 38.1 Å². The van der Waals surface area contributed by atoms with E-state index in [0.29, 0.717) is 69.7 Å². The molecule has 0 aliphatic carbocycles. The van der Waals surface area contributed by atoms with E-state index in [-0.39, 0.29) is 60.7 Å². The SMILES string of the molecule is COCCN[C@@H](C)C(=O)N[C@H]1CCCC[C@H]2CC[C@@H](C(=O)N[C@@H](c3ccccc3)c3cn(CCCCc4ccc(CCCCn5cc([C@@H](NC(=O)[C@@H]6CC[C@@H]7CCCC[C@H](NC(=O)[C@H](C)NCCO)C(=O)N76)c6ccccc6)nn5)cc4)nn3)N2C1=O. The summed E-state index contributed by atoms with van der Waals surface area (Å²) in [5, 5.41) is 45.8. The number of aryl methyl sites for hydroxylation is 4. The number of rotatable bonds is 29. The van der Waals surface area contributed by atoms with Crippen molar-refractivity contribution in [3.63, 3.8) is 0 Å². The van der Waals surface area contributed by atoms with Gasteiger partial charge in [-0.25, -0.2) is 0 Å². The van der Waals surface area contributed by atoms with Gasteiger partial charge in [0, 0.05) is 45.4 Å². The lowest BCUT2D eigenvalue weighted by Crippen LogP contribution is -2.58. The van der Waals surface area contributed by atoms with Crippen molar-refractivity contribution in [3.05, 3.63) is 131 Å². The maximum atomic E-state index is 14.4. The van der Waals surface area contributed by atoms with Crippen LogP contribution in [-0.2, 0) is 59.4 Å². The smallest absolute Gasteiger partial charge is 0.246 e. The molecule has 22 heteroatoms. The quantitative estimate of drug-likeness (QED) is 0.0319. The minimum absolute atomic E-state index is 0.0693. The molecular formula is C65H90N14O8. The van der Waals surface area contributed by atoms with Crippen LogP contribution in [0.3, 0.4) is 0 Å². The highest BCUT2D eigenvalue weighted by atomic mass is 16.5. The van der Waals surface area contributed by atoms with Gasteiger partial charge in [-0.2, -0.15) is 0 Å². The summed E-state index contributed by atoms with van der Waals surface area (Å²) in [4.78, 5) is 86.9.